The van der Waals surface area contributed by atoms with Crippen molar-refractivity contribution in [2.45, 2.75) is 58.9 Å². The molecule has 2 heterocycles. The average Bonchev–Trinajstić information content (AvgIpc) is 3.16. The van der Waals surface area contributed by atoms with Crippen LogP contribution in [0.25, 0.3) is 11.5 Å². The number of aryl methyl sites for hydroxylation is 1. The number of imidazole rings is 1. The Balaban J connectivity index is 0.00000161. The summed E-state index contributed by atoms with van der Waals surface area (Å²) in [7, 11) is 0. The zero-order chi connectivity index (χ0) is 14.3. The molecular weight excluding hydrogens is 286 g/mol. The number of hydrogen-bond donors (Lipinski definition) is 1. The fourth-order valence-corrected chi connectivity index (χ4v) is 2.47. The van der Waals surface area contributed by atoms with Gasteiger partial charge in [0.25, 0.3) is 0 Å². The minimum atomic E-state index is 0. The summed E-state index contributed by atoms with van der Waals surface area (Å²) in [5.41, 5.74) is 8.06. The SMILES string of the molecule is CCc1nc(N)n(CCC(C)C)c2nc(C3CC3)nc1-2.Cl. The number of nitrogens with zero attached hydrogens (tertiary/aromatic N) is 4. The molecule has 1 saturated carbocycles. The number of rotatable bonds is 5. The van der Waals surface area contributed by atoms with Gasteiger partial charge in [-0.25, -0.2) is 15.0 Å². The highest BCUT2D eigenvalue weighted by molar-refractivity contribution is 5.85. The summed E-state index contributed by atoms with van der Waals surface area (Å²) in [6.07, 6.45) is 4.34. The van der Waals surface area contributed by atoms with Crippen LogP contribution in [0.1, 0.15) is 57.5 Å². The van der Waals surface area contributed by atoms with Crippen molar-refractivity contribution < 1.29 is 0 Å². The number of nitrogens with two attached hydrogens (primary N) is 1. The van der Waals surface area contributed by atoms with Gasteiger partial charge in [-0.3, -0.25) is 4.57 Å². The first kappa shape index (κ1) is 16.0. The van der Waals surface area contributed by atoms with Gasteiger partial charge in [0.2, 0.25) is 5.95 Å². The maximum Gasteiger partial charge on any atom is 0.202 e. The molecule has 0 aromatic rings. The van der Waals surface area contributed by atoms with Crippen molar-refractivity contribution in [3.8, 4) is 11.5 Å². The maximum atomic E-state index is 6.13. The predicted octanol–water partition coefficient (Wildman–Crippen LogP) is 3.27. The summed E-state index contributed by atoms with van der Waals surface area (Å²) in [5, 5.41) is 0. The molecule has 0 bridgehead atoms. The zero-order valence-electron chi connectivity index (χ0n) is 13.0. The van der Waals surface area contributed by atoms with Gasteiger partial charge in [0, 0.05) is 12.5 Å². The van der Waals surface area contributed by atoms with Crippen LogP contribution in [0.4, 0.5) is 5.95 Å². The van der Waals surface area contributed by atoms with Gasteiger partial charge >= 0.3 is 0 Å². The highest BCUT2D eigenvalue weighted by Crippen LogP contribution is 2.40. The van der Waals surface area contributed by atoms with Crippen molar-refractivity contribution in [1.29, 1.82) is 0 Å². The Morgan fingerprint density at radius 1 is 1.24 bits per heavy atom. The molecule has 3 rings (SSSR count). The molecule has 0 spiro atoms. The van der Waals surface area contributed by atoms with Gasteiger partial charge in [0.15, 0.2) is 5.82 Å². The van der Waals surface area contributed by atoms with Crippen LogP contribution in [-0.4, -0.2) is 19.5 Å². The van der Waals surface area contributed by atoms with E-state index < -0.39 is 0 Å². The Hall–Kier alpha value is -1.36. The largest absolute Gasteiger partial charge is 0.369 e. The lowest BCUT2D eigenvalue weighted by atomic mass is 10.1. The minimum absolute atomic E-state index is 0. The summed E-state index contributed by atoms with van der Waals surface area (Å²) in [6, 6.07) is 0. The van der Waals surface area contributed by atoms with E-state index >= 15 is 0 Å². The first-order chi connectivity index (χ1) is 9.60. The molecule has 6 heteroatoms. The lowest BCUT2D eigenvalue weighted by Crippen LogP contribution is -2.15. The molecule has 0 saturated heterocycles. The first-order valence-corrected chi connectivity index (χ1v) is 7.62. The minimum Gasteiger partial charge on any atom is -0.369 e. The van der Waals surface area contributed by atoms with E-state index in [1.54, 1.807) is 0 Å². The van der Waals surface area contributed by atoms with E-state index in [1.165, 1.54) is 12.8 Å². The number of aromatic nitrogens is 4. The van der Waals surface area contributed by atoms with Gasteiger partial charge in [0.05, 0.1) is 5.69 Å². The quantitative estimate of drug-likeness (QED) is 0.920. The standard InChI is InChI=1S/C15H23N5.ClH/c1-4-11-12-14(19-13(18-12)10-5-6-10)20(15(16)17-11)8-7-9(2)3;/h9-10H,4-8H2,1-3H3,(H2,16,17);1H. The number of nitrogen functional groups attached to an aromatic ring is 1. The van der Waals surface area contributed by atoms with Gasteiger partial charge in [-0.1, -0.05) is 20.8 Å². The van der Waals surface area contributed by atoms with Crippen LogP contribution in [0.5, 0.6) is 0 Å². The van der Waals surface area contributed by atoms with Gasteiger partial charge < -0.3 is 5.73 Å². The summed E-state index contributed by atoms with van der Waals surface area (Å²) in [6.45, 7) is 7.38. The Bertz CT molecular complexity index is 588. The van der Waals surface area contributed by atoms with Crippen molar-refractivity contribution in [3.63, 3.8) is 0 Å². The number of hydrogen-bond acceptors (Lipinski definition) is 4. The molecule has 0 aromatic heterocycles. The zero-order valence-corrected chi connectivity index (χ0v) is 13.8. The summed E-state index contributed by atoms with van der Waals surface area (Å²) < 4.78 is 2.04. The van der Waals surface area contributed by atoms with E-state index in [9.17, 15) is 0 Å². The van der Waals surface area contributed by atoms with E-state index in [4.69, 9.17) is 15.7 Å². The van der Waals surface area contributed by atoms with E-state index in [-0.39, 0.29) is 12.4 Å². The molecule has 2 N–H and O–H groups in total. The topological polar surface area (TPSA) is 69.6 Å². The van der Waals surface area contributed by atoms with Crippen LogP contribution < -0.4 is 5.73 Å². The molecule has 2 aliphatic heterocycles. The second-order valence-corrected chi connectivity index (χ2v) is 6.13. The third kappa shape index (κ3) is 3.12. The Labute approximate surface area is 132 Å². The normalized spacial score (nSPS) is 14.7. The van der Waals surface area contributed by atoms with Crippen molar-refractivity contribution >= 4 is 18.4 Å². The van der Waals surface area contributed by atoms with E-state index in [0.717, 1.165) is 42.4 Å². The van der Waals surface area contributed by atoms with Gasteiger partial charge in [-0.2, -0.15) is 0 Å². The number of fused-ring (bicyclic) bond motifs is 1. The number of anilines is 1. The monoisotopic (exact) mass is 309 g/mol. The van der Waals surface area contributed by atoms with E-state index in [2.05, 4.69) is 25.8 Å². The summed E-state index contributed by atoms with van der Waals surface area (Å²) in [4.78, 5) is 14.0. The molecule has 116 valence electrons. The second kappa shape index (κ2) is 6.18. The highest BCUT2D eigenvalue weighted by Gasteiger charge is 2.31. The molecule has 0 unspecified atom stereocenters. The van der Waals surface area contributed by atoms with Crippen LogP contribution in [0, 0.1) is 5.92 Å². The molecular formula is C15H24ClN5. The van der Waals surface area contributed by atoms with Crippen LogP contribution in [-0.2, 0) is 13.0 Å². The molecule has 0 aromatic carbocycles. The van der Waals surface area contributed by atoms with E-state index in [1.807, 2.05) is 4.57 Å². The van der Waals surface area contributed by atoms with Gasteiger partial charge in [-0.15, -0.1) is 12.4 Å². The van der Waals surface area contributed by atoms with Crippen molar-refractivity contribution in [2.75, 3.05) is 5.73 Å². The van der Waals surface area contributed by atoms with E-state index in [0.29, 0.717) is 17.8 Å². The first-order valence-electron chi connectivity index (χ1n) is 7.62. The molecule has 1 aliphatic carbocycles. The second-order valence-electron chi connectivity index (χ2n) is 6.13. The van der Waals surface area contributed by atoms with Crippen LogP contribution in [0.2, 0.25) is 0 Å². The van der Waals surface area contributed by atoms with Crippen molar-refractivity contribution in [2.24, 2.45) is 5.92 Å². The van der Waals surface area contributed by atoms with Crippen LogP contribution in [0.15, 0.2) is 0 Å². The third-order valence-electron chi connectivity index (χ3n) is 3.92. The summed E-state index contributed by atoms with van der Waals surface area (Å²) >= 11 is 0. The lowest BCUT2D eigenvalue weighted by Gasteiger charge is -2.16. The van der Waals surface area contributed by atoms with Crippen LogP contribution >= 0.6 is 12.4 Å². The molecule has 5 nitrogen and oxygen atoms in total. The maximum absolute atomic E-state index is 6.13. The third-order valence-corrected chi connectivity index (χ3v) is 3.92. The Kier molecular flexibility index (Phi) is 4.71. The molecule has 0 amide bonds. The van der Waals surface area contributed by atoms with Gasteiger partial charge in [0.1, 0.15) is 11.5 Å². The average molecular weight is 310 g/mol. The molecule has 0 radical (unpaired) electrons. The molecule has 21 heavy (non-hydrogen) atoms. The van der Waals surface area contributed by atoms with Crippen molar-refractivity contribution in [3.05, 3.63) is 11.5 Å². The summed E-state index contributed by atoms with van der Waals surface area (Å²) in [5.74, 6) is 3.68. The highest BCUT2D eigenvalue weighted by atomic mass is 35.5. The van der Waals surface area contributed by atoms with Crippen LogP contribution in [0.3, 0.4) is 0 Å². The molecule has 3 aliphatic rings. The lowest BCUT2D eigenvalue weighted by molar-refractivity contribution is 0.515. The predicted molar refractivity (Wildman–Crippen MR) is 86.9 cm³/mol. The molecule has 0 atom stereocenters. The van der Waals surface area contributed by atoms with Crippen molar-refractivity contribution in [1.82, 2.24) is 19.5 Å². The number of halogens is 1. The smallest absolute Gasteiger partial charge is 0.202 e. The Morgan fingerprint density at radius 3 is 2.52 bits per heavy atom. The fourth-order valence-electron chi connectivity index (χ4n) is 2.47. The van der Waals surface area contributed by atoms with Gasteiger partial charge in [-0.05, 0) is 31.6 Å². The molecule has 1 fully saturated rings. The Morgan fingerprint density at radius 2 is 1.95 bits per heavy atom. The fraction of sp³-hybridized carbons (Fsp3) is 0.667.